The fourth-order valence-electron chi connectivity index (χ4n) is 2.72. The number of fused-ring (bicyclic) bond motifs is 1. The first-order valence-electron chi connectivity index (χ1n) is 7.23. The molecular weight excluding hydrogens is 262 g/mol. The second kappa shape index (κ2) is 5.97. The standard InChI is InChI=1S/C17H19N3O/c18-11-12-3-1-6-15(9-12)19-17(21)20-16-8-7-13-4-2-5-14(13)10-16/h1,3,6-10H,2,4-5,11,18H2,(H2,19,20,21). The van der Waals surface area contributed by atoms with Crippen LogP contribution in [0.2, 0.25) is 0 Å². The Bertz CT molecular complexity index is 667. The van der Waals surface area contributed by atoms with Crippen molar-refractivity contribution in [3.05, 3.63) is 59.2 Å². The van der Waals surface area contributed by atoms with Gasteiger partial charge in [-0.2, -0.15) is 0 Å². The van der Waals surface area contributed by atoms with Crippen molar-refractivity contribution in [2.45, 2.75) is 25.8 Å². The van der Waals surface area contributed by atoms with Crippen LogP contribution in [0.5, 0.6) is 0 Å². The van der Waals surface area contributed by atoms with Crippen molar-refractivity contribution in [2.24, 2.45) is 5.73 Å². The van der Waals surface area contributed by atoms with Crippen LogP contribution in [0.4, 0.5) is 16.2 Å². The van der Waals surface area contributed by atoms with Gasteiger partial charge >= 0.3 is 6.03 Å². The van der Waals surface area contributed by atoms with Crippen LogP contribution in [0.15, 0.2) is 42.5 Å². The monoisotopic (exact) mass is 281 g/mol. The highest BCUT2D eigenvalue weighted by molar-refractivity contribution is 5.99. The summed E-state index contributed by atoms with van der Waals surface area (Å²) in [6, 6.07) is 13.4. The number of nitrogens with one attached hydrogen (secondary N) is 2. The molecule has 0 aromatic heterocycles. The largest absolute Gasteiger partial charge is 0.326 e. The number of urea groups is 1. The van der Waals surface area contributed by atoms with Gasteiger partial charge in [0.15, 0.2) is 0 Å². The molecule has 0 heterocycles. The average molecular weight is 281 g/mol. The van der Waals surface area contributed by atoms with Gasteiger partial charge < -0.3 is 16.4 Å². The third kappa shape index (κ3) is 3.23. The van der Waals surface area contributed by atoms with Crippen LogP contribution < -0.4 is 16.4 Å². The molecule has 0 unspecified atom stereocenters. The van der Waals surface area contributed by atoms with Gasteiger partial charge in [0.25, 0.3) is 0 Å². The van der Waals surface area contributed by atoms with Crippen LogP contribution in [-0.2, 0) is 19.4 Å². The number of hydrogen-bond acceptors (Lipinski definition) is 2. The average Bonchev–Trinajstić information content (AvgIpc) is 2.95. The Morgan fingerprint density at radius 1 is 1.00 bits per heavy atom. The van der Waals surface area contributed by atoms with Crippen molar-refractivity contribution < 1.29 is 4.79 Å². The molecule has 3 rings (SSSR count). The van der Waals surface area contributed by atoms with Crippen molar-refractivity contribution in [2.75, 3.05) is 10.6 Å². The van der Waals surface area contributed by atoms with Gasteiger partial charge in [-0.05, 0) is 60.2 Å². The zero-order chi connectivity index (χ0) is 14.7. The highest BCUT2D eigenvalue weighted by Crippen LogP contribution is 2.25. The highest BCUT2D eigenvalue weighted by atomic mass is 16.2. The van der Waals surface area contributed by atoms with E-state index in [1.54, 1.807) is 0 Å². The minimum absolute atomic E-state index is 0.234. The molecule has 0 radical (unpaired) electrons. The molecule has 4 nitrogen and oxygen atoms in total. The molecule has 0 saturated heterocycles. The number of carbonyl (C=O) groups excluding carboxylic acids is 1. The zero-order valence-corrected chi connectivity index (χ0v) is 11.9. The molecule has 2 amide bonds. The summed E-state index contributed by atoms with van der Waals surface area (Å²) in [6.07, 6.45) is 3.45. The Balaban J connectivity index is 1.66. The summed E-state index contributed by atoms with van der Waals surface area (Å²) in [5.41, 5.74) is 10.9. The normalized spacial score (nSPS) is 12.8. The molecule has 21 heavy (non-hydrogen) atoms. The van der Waals surface area contributed by atoms with Crippen molar-refractivity contribution in [1.29, 1.82) is 0 Å². The summed E-state index contributed by atoms with van der Waals surface area (Å²) in [5.74, 6) is 0. The van der Waals surface area contributed by atoms with Gasteiger partial charge in [-0.15, -0.1) is 0 Å². The Morgan fingerprint density at radius 2 is 1.76 bits per heavy atom. The maximum Gasteiger partial charge on any atom is 0.323 e. The zero-order valence-electron chi connectivity index (χ0n) is 11.9. The summed E-state index contributed by atoms with van der Waals surface area (Å²) in [7, 11) is 0. The summed E-state index contributed by atoms with van der Waals surface area (Å²) in [4.78, 5) is 12.0. The molecule has 108 valence electrons. The van der Waals surface area contributed by atoms with Gasteiger partial charge in [0, 0.05) is 17.9 Å². The van der Waals surface area contributed by atoms with E-state index in [9.17, 15) is 4.79 Å². The molecule has 1 aliphatic rings. The number of aryl methyl sites for hydroxylation is 2. The van der Waals surface area contributed by atoms with Gasteiger partial charge in [0.2, 0.25) is 0 Å². The van der Waals surface area contributed by atoms with E-state index < -0.39 is 0 Å². The molecule has 0 fully saturated rings. The van der Waals surface area contributed by atoms with Crippen LogP contribution in [0, 0.1) is 0 Å². The number of rotatable bonds is 3. The predicted molar refractivity (Wildman–Crippen MR) is 85.4 cm³/mol. The molecule has 0 spiro atoms. The first kappa shape index (κ1) is 13.6. The third-order valence-corrected chi connectivity index (χ3v) is 3.78. The molecule has 0 atom stereocenters. The van der Waals surface area contributed by atoms with E-state index in [4.69, 9.17) is 5.73 Å². The van der Waals surface area contributed by atoms with E-state index in [-0.39, 0.29) is 6.03 Å². The summed E-state index contributed by atoms with van der Waals surface area (Å²) in [5, 5.41) is 5.70. The van der Waals surface area contributed by atoms with Crippen LogP contribution in [0.1, 0.15) is 23.1 Å². The number of amides is 2. The second-order valence-corrected chi connectivity index (χ2v) is 5.32. The van der Waals surface area contributed by atoms with Crippen LogP contribution in [-0.4, -0.2) is 6.03 Å². The summed E-state index contributed by atoms with van der Waals surface area (Å²) < 4.78 is 0. The molecule has 0 bridgehead atoms. The minimum Gasteiger partial charge on any atom is -0.326 e. The van der Waals surface area contributed by atoms with E-state index in [0.717, 1.165) is 29.8 Å². The fraction of sp³-hybridized carbons (Fsp3) is 0.235. The molecule has 4 N–H and O–H groups in total. The lowest BCUT2D eigenvalue weighted by molar-refractivity contribution is 0.262. The van der Waals surface area contributed by atoms with Gasteiger partial charge in [-0.1, -0.05) is 18.2 Å². The number of anilines is 2. The molecule has 0 saturated carbocycles. The quantitative estimate of drug-likeness (QED) is 0.808. The van der Waals surface area contributed by atoms with Gasteiger partial charge in [-0.25, -0.2) is 4.79 Å². The van der Waals surface area contributed by atoms with E-state index >= 15 is 0 Å². The SMILES string of the molecule is NCc1cccc(NC(=O)Nc2ccc3c(c2)CCC3)c1. The van der Waals surface area contributed by atoms with Crippen molar-refractivity contribution in [3.8, 4) is 0 Å². The third-order valence-electron chi connectivity index (χ3n) is 3.78. The van der Waals surface area contributed by atoms with E-state index in [2.05, 4.69) is 22.8 Å². The lowest BCUT2D eigenvalue weighted by atomic mass is 10.1. The fourth-order valence-corrected chi connectivity index (χ4v) is 2.72. The van der Waals surface area contributed by atoms with Crippen LogP contribution >= 0.6 is 0 Å². The Hall–Kier alpha value is -2.33. The van der Waals surface area contributed by atoms with Crippen molar-refractivity contribution >= 4 is 17.4 Å². The molecular formula is C17H19N3O. The smallest absolute Gasteiger partial charge is 0.323 e. The molecule has 2 aromatic carbocycles. The maximum absolute atomic E-state index is 12.0. The van der Waals surface area contributed by atoms with Crippen LogP contribution in [0.3, 0.4) is 0 Å². The predicted octanol–water partition coefficient (Wildman–Crippen LogP) is 3.28. The van der Waals surface area contributed by atoms with E-state index in [0.29, 0.717) is 6.54 Å². The molecule has 0 aliphatic heterocycles. The highest BCUT2D eigenvalue weighted by Gasteiger charge is 2.11. The molecule has 1 aliphatic carbocycles. The Kier molecular flexibility index (Phi) is 3.88. The topological polar surface area (TPSA) is 67.1 Å². The number of nitrogens with two attached hydrogens (primary N) is 1. The maximum atomic E-state index is 12.0. The lowest BCUT2D eigenvalue weighted by Gasteiger charge is -2.10. The van der Waals surface area contributed by atoms with Crippen LogP contribution in [0.25, 0.3) is 0 Å². The van der Waals surface area contributed by atoms with Crippen molar-refractivity contribution in [3.63, 3.8) is 0 Å². The van der Waals surface area contributed by atoms with E-state index in [1.807, 2.05) is 30.3 Å². The molecule has 4 heteroatoms. The Morgan fingerprint density at radius 3 is 2.57 bits per heavy atom. The van der Waals surface area contributed by atoms with Gasteiger partial charge in [0.05, 0.1) is 0 Å². The first-order chi connectivity index (χ1) is 10.2. The molecule has 2 aromatic rings. The Labute approximate surface area is 124 Å². The number of benzene rings is 2. The summed E-state index contributed by atoms with van der Waals surface area (Å²) >= 11 is 0. The number of hydrogen-bond donors (Lipinski definition) is 3. The van der Waals surface area contributed by atoms with E-state index in [1.165, 1.54) is 17.5 Å². The minimum atomic E-state index is -0.234. The van der Waals surface area contributed by atoms with Crippen molar-refractivity contribution in [1.82, 2.24) is 0 Å². The lowest BCUT2D eigenvalue weighted by Crippen LogP contribution is -2.19. The van der Waals surface area contributed by atoms with Gasteiger partial charge in [-0.3, -0.25) is 0 Å². The summed E-state index contributed by atoms with van der Waals surface area (Å²) in [6.45, 7) is 0.460. The second-order valence-electron chi connectivity index (χ2n) is 5.32. The number of carbonyl (C=O) groups is 1. The van der Waals surface area contributed by atoms with Gasteiger partial charge in [0.1, 0.15) is 0 Å². The first-order valence-corrected chi connectivity index (χ1v) is 7.23.